The Hall–Kier alpha value is -7.16. The van der Waals surface area contributed by atoms with Gasteiger partial charge < -0.3 is 0 Å². The highest BCUT2D eigenvalue weighted by molar-refractivity contribution is 5.92. The van der Waals surface area contributed by atoms with Crippen LogP contribution in [0.3, 0.4) is 0 Å². The van der Waals surface area contributed by atoms with Crippen molar-refractivity contribution in [2.24, 2.45) is 0 Å². The van der Waals surface area contributed by atoms with Gasteiger partial charge in [-0.05, 0) is 117 Å². The molecule has 2 fully saturated rings. The van der Waals surface area contributed by atoms with Gasteiger partial charge in [0.05, 0.1) is 22.8 Å². The van der Waals surface area contributed by atoms with Crippen LogP contribution in [0.4, 0.5) is 0 Å². The Morgan fingerprint density at radius 3 is 1.15 bits per heavy atom. The first-order valence-corrected chi connectivity index (χ1v) is 24.4. The fraction of sp³-hybridized carbons (Fsp3) is 0.188. The third-order valence-electron chi connectivity index (χ3n) is 15.9. The van der Waals surface area contributed by atoms with E-state index in [1.165, 1.54) is 103 Å². The Labute approximate surface area is 389 Å². The molecule has 2 spiro atoms. The minimum absolute atomic E-state index is 0.0762. The number of rotatable bonds is 6. The molecule has 0 N–H and O–H groups in total. The Balaban J connectivity index is 0.877. The van der Waals surface area contributed by atoms with E-state index in [2.05, 4.69) is 194 Å². The van der Waals surface area contributed by atoms with Crippen molar-refractivity contribution < 1.29 is 0 Å². The number of hydrogen-bond acceptors (Lipinski definition) is 2. The molecule has 4 aliphatic carbocycles. The van der Waals surface area contributed by atoms with Gasteiger partial charge in [-0.3, -0.25) is 0 Å². The summed E-state index contributed by atoms with van der Waals surface area (Å²) in [6.45, 7) is 0. The molecule has 2 saturated carbocycles. The molecule has 1 aromatic heterocycles. The first kappa shape index (κ1) is 39.2. The van der Waals surface area contributed by atoms with Gasteiger partial charge in [0.15, 0.2) is 0 Å². The second-order valence-electron chi connectivity index (χ2n) is 19.4. The SMILES string of the molecule is c1ccc(-c2nc(-c3ccccc3)c(-c3cccc(-c4ccc(-c5ccc6c(c5)C5(CCCCC5)c5cc7c(cc5-6)C5(CCCCC5)c5ccccc5-7)cc4)c3)nc2-c2ccccc2)cc1. The summed E-state index contributed by atoms with van der Waals surface area (Å²) in [5.41, 5.74) is 25.2. The van der Waals surface area contributed by atoms with Crippen molar-refractivity contribution in [3.8, 4) is 89.5 Å². The summed E-state index contributed by atoms with van der Waals surface area (Å²) in [5.74, 6) is 0. The largest absolute Gasteiger partial charge is 0.243 e. The molecule has 0 bridgehead atoms. The molecule has 0 saturated heterocycles. The lowest BCUT2D eigenvalue weighted by atomic mass is 9.66. The lowest BCUT2D eigenvalue weighted by Gasteiger charge is -2.37. The Morgan fingerprint density at radius 2 is 0.621 bits per heavy atom. The van der Waals surface area contributed by atoms with Gasteiger partial charge in [0, 0.05) is 33.1 Å². The highest BCUT2D eigenvalue weighted by Gasteiger charge is 2.49. The van der Waals surface area contributed by atoms with Crippen LogP contribution in [0.1, 0.15) is 86.5 Å². The molecule has 13 rings (SSSR count). The standard InChI is InChI=1S/C64H52N2/c1-6-19-45(20-7-1)59-60(46-21-8-2-9-22-46)66-62(61(65-59)47-23-10-3-11-24-47)50-26-18-25-48(39-50)43-29-31-44(32-30-43)49-33-34-52-54-42-57-53(41-58(54)64(56(52)40-49)37-16-5-17-38-64)51-27-12-13-28-55(51)63(57)35-14-4-15-36-63/h1-3,6-13,18-34,39-42H,4-5,14-17,35-38H2. The first-order chi connectivity index (χ1) is 32.7. The molecular formula is C64H52N2. The predicted molar refractivity (Wildman–Crippen MR) is 273 cm³/mol. The zero-order valence-corrected chi connectivity index (χ0v) is 37.4. The number of aromatic nitrogens is 2. The maximum Gasteiger partial charge on any atom is 0.0973 e. The van der Waals surface area contributed by atoms with Crippen LogP contribution in [0.5, 0.6) is 0 Å². The molecule has 0 unspecified atom stereocenters. The summed E-state index contributed by atoms with van der Waals surface area (Å²) in [4.78, 5) is 11.0. The quantitative estimate of drug-likeness (QED) is 0.167. The third kappa shape index (κ3) is 6.22. The number of benzene rings is 8. The van der Waals surface area contributed by atoms with E-state index in [9.17, 15) is 0 Å². The number of fused-ring (bicyclic) bond motifs is 10. The smallest absolute Gasteiger partial charge is 0.0973 e. The molecule has 8 aromatic carbocycles. The van der Waals surface area contributed by atoms with Crippen molar-refractivity contribution in [1.29, 1.82) is 0 Å². The van der Waals surface area contributed by atoms with Gasteiger partial charge in [0.25, 0.3) is 0 Å². The summed E-state index contributed by atoms with van der Waals surface area (Å²) < 4.78 is 0. The molecule has 0 aliphatic heterocycles. The van der Waals surface area contributed by atoms with Gasteiger partial charge in [-0.25, -0.2) is 9.97 Å². The first-order valence-electron chi connectivity index (χ1n) is 24.4. The average Bonchev–Trinajstić information content (AvgIpc) is 3.80. The molecule has 66 heavy (non-hydrogen) atoms. The monoisotopic (exact) mass is 848 g/mol. The Morgan fingerprint density at radius 1 is 0.242 bits per heavy atom. The summed E-state index contributed by atoms with van der Waals surface area (Å²) in [7, 11) is 0. The topological polar surface area (TPSA) is 25.8 Å². The highest BCUT2D eigenvalue weighted by atomic mass is 14.9. The fourth-order valence-electron chi connectivity index (χ4n) is 12.7. The van der Waals surface area contributed by atoms with Gasteiger partial charge in [0.2, 0.25) is 0 Å². The van der Waals surface area contributed by atoms with Gasteiger partial charge >= 0.3 is 0 Å². The van der Waals surface area contributed by atoms with E-state index < -0.39 is 0 Å². The van der Waals surface area contributed by atoms with Crippen molar-refractivity contribution in [3.63, 3.8) is 0 Å². The molecule has 0 amide bonds. The van der Waals surface area contributed by atoms with Crippen LogP contribution in [0, 0.1) is 0 Å². The molecule has 2 heteroatoms. The number of hydrogen-bond donors (Lipinski definition) is 0. The van der Waals surface area contributed by atoms with Crippen LogP contribution in [-0.2, 0) is 10.8 Å². The maximum atomic E-state index is 5.52. The lowest BCUT2D eigenvalue weighted by molar-refractivity contribution is 0.350. The molecular weight excluding hydrogens is 797 g/mol. The van der Waals surface area contributed by atoms with E-state index in [-0.39, 0.29) is 10.8 Å². The molecule has 4 aliphatic rings. The molecule has 9 aromatic rings. The molecule has 318 valence electrons. The predicted octanol–water partition coefficient (Wildman–Crippen LogP) is 16.9. The van der Waals surface area contributed by atoms with Crippen molar-refractivity contribution in [2.45, 2.75) is 75.0 Å². The zero-order valence-electron chi connectivity index (χ0n) is 37.4. The summed E-state index contributed by atoms with van der Waals surface area (Å²) in [5, 5.41) is 0. The van der Waals surface area contributed by atoms with E-state index in [1.807, 2.05) is 0 Å². The van der Waals surface area contributed by atoms with Crippen LogP contribution in [0.25, 0.3) is 89.5 Å². The minimum atomic E-state index is 0.0762. The van der Waals surface area contributed by atoms with Crippen molar-refractivity contribution in [2.75, 3.05) is 0 Å². The number of nitrogens with zero attached hydrogens (tertiary/aromatic N) is 2. The van der Waals surface area contributed by atoms with Gasteiger partial charge in [-0.2, -0.15) is 0 Å². The molecule has 2 nitrogen and oxygen atoms in total. The highest BCUT2D eigenvalue weighted by Crippen LogP contribution is 2.62. The van der Waals surface area contributed by atoms with Crippen LogP contribution in [-0.4, -0.2) is 9.97 Å². The molecule has 0 radical (unpaired) electrons. The second kappa shape index (κ2) is 15.8. The lowest BCUT2D eigenvalue weighted by Crippen LogP contribution is -2.29. The minimum Gasteiger partial charge on any atom is -0.243 e. The second-order valence-corrected chi connectivity index (χ2v) is 19.4. The molecule has 0 atom stereocenters. The Kier molecular flexibility index (Phi) is 9.38. The fourth-order valence-corrected chi connectivity index (χ4v) is 12.7. The van der Waals surface area contributed by atoms with Crippen molar-refractivity contribution >= 4 is 0 Å². The van der Waals surface area contributed by atoms with Crippen LogP contribution in [0.15, 0.2) is 194 Å². The van der Waals surface area contributed by atoms with Crippen LogP contribution < -0.4 is 0 Å². The summed E-state index contributed by atoms with van der Waals surface area (Å²) >= 11 is 0. The normalized spacial score (nSPS) is 16.1. The van der Waals surface area contributed by atoms with Crippen molar-refractivity contribution in [1.82, 2.24) is 9.97 Å². The Bertz CT molecular complexity index is 3280. The maximum absolute atomic E-state index is 5.52. The van der Waals surface area contributed by atoms with E-state index >= 15 is 0 Å². The summed E-state index contributed by atoms with van der Waals surface area (Å²) in [6, 6.07) is 71.8. The van der Waals surface area contributed by atoms with E-state index in [1.54, 1.807) is 22.3 Å². The summed E-state index contributed by atoms with van der Waals surface area (Å²) in [6.07, 6.45) is 12.9. The molecule has 1 heterocycles. The van der Waals surface area contributed by atoms with Crippen LogP contribution in [0.2, 0.25) is 0 Å². The van der Waals surface area contributed by atoms with Gasteiger partial charge in [-0.1, -0.05) is 208 Å². The van der Waals surface area contributed by atoms with Crippen molar-refractivity contribution in [3.05, 3.63) is 216 Å². The van der Waals surface area contributed by atoms with Crippen LogP contribution >= 0.6 is 0 Å². The van der Waals surface area contributed by atoms with E-state index in [4.69, 9.17) is 9.97 Å². The van der Waals surface area contributed by atoms with Gasteiger partial charge in [-0.15, -0.1) is 0 Å². The van der Waals surface area contributed by atoms with Gasteiger partial charge in [0.1, 0.15) is 0 Å². The zero-order chi connectivity index (χ0) is 43.7. The average molecular weight is 849 g/mol. The van der Waals surface area contributed by atoms with E-state index in [0.29, 0.717) is 0 Å². The van der Waals surface area contributed by atoms with E-state index in [0.717, 1.165) is 50.6 Å². The third-order valence-corrected chi connectivity index (χ3v) is 15.9.